The van der Waals surface area contributed by atoms with Crippen molar-refractivity contribution in [3.8, 4) is 0 Å². The zero-order valence-corrected chi connectivity index (χ0v) is 18.8. The maximum Gasteiger partial charge on any atom is 0.249 e. The highest BCUT2D eigenvalue weighted by molar-refractivity contribution is 6.03. The molecule has 174 valence electrons. The molecule has 2 N–H and O–H groups in total. The van der Waals surface area contributed by atoms with Crippen LogP contribution in [-0.4, -0.2) is 52.0 Å². The number of rotatable bonds is 7. The van der Waals surface area contributed by atoms with Gasteiger partial charge in [0.05, 0.1) is 24.5 Å². The number of hydrogen-bond donors (Lipinski definition) is 2. The number of hydrogen-bond acceptors (Lipinski definition) is 7. The summed E-state index contributed by atoms with van der Waals surface area (Å²) in [4.78, 5) is 23.3. The smallest absolute Gasteiger partial charge is 0.249 e. The molecule has 2 atom stereocenters. The minimum Gasteiger partial charge on any atom is -0.379 e. The molecule has 2 aromatic heterocycles. The number of amides is 1. The molecule has 3 heterocycles. The predicted molar refractivity (Wildman–Crippen MR) is 119 cm³/mol. The lowest BCUT2D eigenvalue weighted by Gasteiger charge is -2.37. The van der Waals surface area contributed by atoms with Gasteiger partial charge < -0.3 is 20.3 Å². The number of aryl methyl sites for hydroxylation is 1. The normalized spacial score (nSPS) is 16.4. The van der Waals surface area contributed by atoms with Crippen molar-refractivity contribution in [3.63, 3.8) is 0 Å². The second-order valence-corrected chi connectivity index (χ2v) is 7.93. The van der Waals surface area contributed by atoms with Gasteiger partial charge >= 0.3 is 0 Å². The van der Waals surface area contributed by atoms with Gasteiger partial charge in [-0.15, -0.1) is 0 Å². The fraction of sp³-hybridized carbons (Fsp3) is 0.364. The zero-order chi connectivity index (χ0) is 23.7. The summed E-state index contributed by atoms with van der Waals surface area (Å²) in [6.07, 6.45) is 3.05. The molecule has 1 aromatic carbocycles. The summed E-state index contributed by atoms with van der Waals surface area (Å²) in [5.74, 6) is -0.945. The Morgan fingerprint density at radius 3 is 2.85 bits per heavy atom. The fourth-order valence-corrected chi connectivity index (χ4v) is 3.81. The van der Waals surface area contributed by atoms with Crippen LogP contribution in [0.25, 0.3) is 0 Å². The maximum atomic E-state index is 13.9. The molecular formula is C22H25F2N7O2. The van der Waals surface area contributed by atoms with Gasteiger partial charge in [0.15, 0.2) is 17.5 Å². The maximum absolute atomic E-state index is 13.9. The molecule has 0 saturated heterocycles. The van der Waals surface area contributed by atoms with Crippen LogP contribution >= 0.6 is 0 Å². The van der Waals surface area contributed by atoms with Gasteiger partial charge in [0.2, 0.25) is 11.9 Å². The van der Waals surface area contributed by atoms with Gasteiger partial charge in [-0.1, -0.05) is 12.1 Å². The number of benzene rings is 1. The largest absolute Gasteiger partial charge is 0.379 e. The second kappa shape index (κ2) is 9.10. The van der Waals surface area contributed by atoms with E-state index in [4.69, 9.17) is 4.74 Å². The van der Waals surface area contributed by atoms with Crippen molar-refractivity contribution in [1.29, 1.82) is 0 Å². The molecule has 1 aliphatic heterocycles. The Balaban J connectivity index is 1.48. The standard InChI is InChI=1S/C22H25F2N7O2/c1-12-18-20(30(3)19(13(2)33-4)21(32)28-18)29-22(27-12)25-8-14-9-26-31(10-14)11-15-6-5-7-16(23)17(15)24/h5-7,9-10,13,19H,8,11H2,1-4H3,(H,28,32)(H,25,27,29)/t13-,19?/m1/s1. The summed E-state index contributed by atoms with van der Waals surface area (Å²) in [6, 6.07) is 3.55. The van der Waals surface area contributed by atoms with E-state index in [9.17, 15) is 13.6 Å². The first-order chi connectivity index (χ1) is 15.8. The van der Waals surface area contributed by atoms with Gasteiger partial charge in [0.25, 0.3) is 0 Å². The van der Waals surface area contributed by atoms with Crippen LogP contribution in [0.15, 0.2) is 30.6 Å². The molecule has 1 amide bonds. The van der Waals surface area contributed by atoms with E-state index in [1.54, 1.807) is 38.4 Å². The van der Waals surface area contributed by atoms with Crippen molar-refractivity contribution in [1.82, 2.24) is 19.7 Å². The van der Waals surface area contributed by atoms with E-state index in [1.165, 1.54) is 16.8 Å². The number of nitrogens with one attached hydrogen (secondary N) is 2. The third-order valence-electron chi connectivity index (χ3n) is 5.66. The number of methoxy groups -OCH3 is 1. The van der Waals surface area contributed by atoms with Gasteiger partial charge in [-0.3, -0.25) is 9.48 Å². The third-order valence-corrected chi connectivity index (χ3v) is 5.66. The van der Waals surface area contributed by atoms with E-state index in [1.807, 2.05) is 6.92 Å². The SMILES string of the molecule is CO[C@H](C)C1C(=O)Nc2c(C)nc(NCc3cnn(Cc4cccc(F)c4F)c3)nc2N1C. The Hall–Kier alpha value is -3.60. The number of fused-ring (bicyclic) bond motifs is 1. The molecule has 0 spiro atoms. The van der Waals surface area contributed by atoms with E-state index in [0.29, 0.717) is 29.7 Å². The summed E-state index contributed by atoms with van der Waals surface area (Å²) >= 11 is 0. The molecule has 0 fully saturated rings. The number of halogens is 2. The van der Waals surface area contributed by atoms with E-state index in [2.05, 4.69) is 25.7 Å². The topological polar surface area (TPSA) is 97.2 Å². The third kappa shape index (κ3) is 4.49. The quantitative estimate of drug-likeness (QED) is 0.563. The molecule has 33 heavy (non-hydrogen) atoms. The van der Waals surface area contributed by atoms with Crippen LogP contribution in [0.4, 0.5) is 26.2 Å². The van der Waals surface area contributed by atoms with E-state index in [0.717, 1.165) is 11.6 Å². The summed E-state index contributed by atoms with van der Waals surface area (Å²) in [7, 11) is 3.35. The number of nitrogens with zero attached hydrogens (tertiary/aromatic N) is 5. The Morgan fingerprint density at radius 2 is 2.09 bits per heavy atom. The molecule has 3 aromatic rings. The molecule has 0 bridgehead atoms. The van der Waals surface area contributed by atoms with E-state index >= 15 is 0 Å². The Labute approximate surface area is 189 Å². The Kier molecular flexibility index (Phi) is 6.23. The van der Waals surface area contributed by atoms with Crippen LogP contribution in [0.5, 0.6) is 0 Å². The molecule has 4 rings (SSSR count). The molecule has 0 aliphatic carbocycles. The average Bonchev–Trinajstić information content (AvgIpc) is 3.23. The average molecular weight is 457 g/mol. The zero-order valence-electron chi connectivity index (χ0n) is 18.8. The van der Waals surface area contributed by atoms with E-state index in [-0.39, 0.29) is 24.1 Å². The van der Waals surface area contributed by atoms with Gasteiger partial charge in [0, 0.05) is 38.0 Å². The monoisotopic (exact) mass is 457 g/mol. The lowest BCUT2D eigenvalue weighted by atomic mass is 10.1. The number of aromatic nitrogens is 4. The van der Waals surface area contributed by atoms with Crippen LogP contribution in [-0.2, 0) is 22.6 Å². The molecule has 11 heteroatoms. The lowest BCUT2D eigenvalue weighted by molar-refractivity contribution is -0.120. The van der Waals surface area contributed by atoms with Crippen molar-refractivity contribution in [2.24, 2.45) is 0 Å². The first kappa shape index (κ1) is 22.6. The number of carbonyl (C=O) groups is 1. The van der Waals surface area contributed by atoms with Crippen molar-refractivity contribution in [2.45, 2.75) is 39.1 Å². The van der Waals surface area contributed by atoms with Crippen molar-refractivity contribution in [2.75, 3.05) is 29.7 Å². The Morgan fingerprint density at radius 1 is 1.30 bits per heavy atom. The Bertz CT molecular complexity index is 1180. The minimum atomic E-state index is -0.884. The first-order valence-corrected chi connectivity index (χ1v) is 10.4. The molecule has 9 nitrogen and oxygen atoms in total. The summed E-state index contributed by atoms with van der Waals surface area (Å²) < 4.78 is 34.2. The van der Waals surface area contributed by atoms with Gasteiger partial charge in [-0.2, -0.15) is 10.1 Å². The highest BCUT2D eigenvalue weighted by Gasteiger charge is 2.37. The number of ether oxygens (including phenoxy) is 1. The van der Waals surface area contributed by atoms with Crippen LogP contribution in [0.2, 0.25) is 0 Å². The number of anilines is 3. The number of carbonyl (C=O) groups excluding carboxylic acids is 1. The predicted octanol–water partition coefficient (Wildman–Crippen LogP) is 2.71. The van der Waals surface area contributed by atoms with Crippen LogP contribution < -0.4 is 15.5 Å². The van der Waals surface area contributed by atoms with Crippen molar-refractivity contribution < 1.29 is 18.3 Å². The highest BCUT2D eigenvalue weighted by Crippen LogP contribution is 2.33. The minimum absolute atomic E-state index is 0.113. The molecule has 0 saturated carbocycles. The van der Waals surface area contributed by atoms with Gasteiger partial charge in [-0.05, 0) is 19.9 Å². The summed E-state index contributed by atoms with van der Waals surface area (Å²) in [5.41, 5.74) is 2.23. The summed E-state index contributed by atoms with van der Waals surface area (Å²) in [6.45, 7) is 4.11. The lowest BCUT2D eigenvalue weighted by Crippen LogP contribution is -2.53. The molecule has 1 unspecified atom stereocenters. The van der Waals surface area contributed by atoms with Gasteiger partial charge in [0.1, 0.15) is 11.7 Å². The van der Waals surface area contributed by atoms with Crippen LogP contribution in [0.1, 0.15) is 23.7 Å². The van der Waals surface area contributed by atoms with Crippen molar-refractivity contribution >= 4 is 23.4 Å². The molecule has 1 aliphatic rings. The van der Waals surface area contributed by atoms with Crippen LogP contribution in [0.3, 0.4) is 0 Å². The highest BCUT2D eigenvalue weighted by atomic mass is 19.2. The summed E-state index contributed by atoms with van der Waals surface area (Å²) in [5, 5.41) is 10.3. The van der Waals surface area contributed by atoms with Gasteiger partial charge in [-0.25, -0.2) is 13.8 Å². The second-order valence-electron chi connectivity index (χ2n) is 7.93. The number of likely N-dealkylation sites (N-methyl/N-ethyl adjacent to an activating group) is 1. The van der Waals surface area contributed by atoms with Crippen LogP contribution in [0, 0.1) is 18.6 Å². The fourth-order valence-electron chi connectivity index (χ4n) is 3.81. The first-order valence-electron chi connectivity index (χ1n) is 10.4. The molecular weight excluding hydrogens is 432 g/mol. The molecule has 0 radical (unpaired) electrons. The van der Waals surface area contributed by atoms with E-state index < -0.39 is 17.7 Å². The van der Waals surface area contributed by atoms with Crippen molar-refractivity contribution in [3.05, 3.63) is 59.0 Å².